The number of rotatable bonds is 3. The summed E-state index contributed by atoms with van der Waals surface area (Å²) in [6, 6.07) is 9.17. The van der Waals surface area contributed by atoms with E-state index in [2.05, 4.69) is 10.2 Å². The lowest BCUT2D eigenvalue weighted by atomic mass is 10.1. The molecule has 2 amide bonds. The summed E-state index contributed by atoms with van der Waals surface area (Å²) in [5.74, 6) is 0.0962. The maximum atomic E-state index is 13.1. The predicted molar refractivity (Wildman–Crippen MR) is 114 cm³/mol. The fourth-order valence-corrected chi connectivity index (χ4v) is 3.55. The zero-order valence-electron chi connectivity index (χ0n) is 16.2. The van der Waals surface area contributed by atoms with Crippen molar-refractivity contribution in [3.8, 4) is 0 Å². The number of carbonyl (C=O) groups is 2. The third-order valence-corrected chi connectivity index (χ3v) is 5.36. The molecule has 7 nitrogen and oxygen atoms in total. The van der Waals surface area contributed by atoms with E-state index in [1.807, 2.05) is 38.1 Å². The predicted octanol–water partition coefficient (Wildman–Crippen LogP) is 2.56. The number of hydrogen-bond donors (Lipinski definition) is 1. The summed E-state index contributed by atoms with van der Waals surface area (Å²) in [4.78, 5) is 28.9. The monoisotopic (exact) mass is 411 g/mol. The molecular weight excluding hydrogens is 390 g/mol. The number of furan rings is 1. The van der Waals surface area contributed by atoms with Crippen molar-refractivity contribution in [3.05, 3.63) is 52.8 Å². The van der Waals surface area contributed by atoms with Crippen LogP contribution in [0.4, 0.5) is 11.6 Å². The molecule has 2 fully saturated rings. The lowest BCUT2D eigenvalue weighted by Crippen LogP contribution is -2.54. The highest BCUT2D eigenvalue weighted by molar-refractivity contribution is 7.80. The van der Waals surface area contributed by atoms with Gasteiger partial charge in [-0.2, -0.15) is 0 Å². The number of carbonyl (C=O) groups excluding carboxylic acids is 2. The minimum atomic E-state index is -0.538. The van der Waals surface area contributed by atoms with Crippen molar-refractivity contribution in [1.29, 1.82) is 0 Å². The fraction of sp³-hybridized carbons (Fsp3) is 0.286. The zero-order valence-corrected chi connectivity index (χ0v) is 17.0. The molecule has 1 N–H and O–H groups in total. The Bertz CT molecular complexity index is 1020. The third-order valence-electron chi connectivity index (χ3n) is 5.07. The molecule has 2 aliphatic rings. The van der Waals surface area contributed by atoms with Gasteiger partial charge in [-0.15, -0.1) is 0 Å². The van der Waals surface area contributed by atoms with Gasteiger partial charge in [0.25, 0.3) is 11.8 Å². The molecule has 1 aromatic carbocycles. The molecule has 2 saturated heterocycles. The van der Waals surface area contributed by atoms with Gasteiger partial charge in [0.15, 0.2) is 11.0 Å². The summed E-state index contributed by atoms with van der Waals surface area (Å²) in [5, 5.41) is 2.66. The van der Waals surface area contributed by atoms with Gasteiger partial charge in [-0.25, -0.2) is 0 Å². The highest BCUT2D eigenvalue weighted by Gasteiger charge is 2.35. The van der Waals surface area contributed by atoms with Crippen molar-refractivity contribution in [3.63, 3.8) is 0 Å². The van der Waals surface area contributed by atoms with Gasteiger partial charge < -0.3 is 14.1 Å². The maximum absolute atomic E-state index is 13.1. The largest absolute Gasteiger partial charge is 0.441 e. The number of amides is 2. The Balaban J connectivity index is 1.63. The number of nitrogens with zero attached hydrogens (tertiary/aromatic N) is 2. The summed E-state index contributed by atoms with van der Waals surface area (Å²) in [6.07, 6.45) is 1.46. The average Bonchev–Trinajstić information content (AvgIpc) is 3.17. The van der Waals surface area contributed by atoms with Gasteiger partial charge in [0.1, 0.15) is 11.3 Å². The van der Waals surface area contributed by atoms with Crippen LogP contribution in [0.25, 0.3) is 6.08 Å². The molecule has 0 unspecified atom stereocenters. The first-order valence-electron chi connectivity index (χ1n) is 9.35. The maximum Gasteiger partial charge on any atom is 0.270 e. The van der Waals surface area contributed by atoms with Crippen molar-refractivity contribution < 1.29 is 18.7 Å². The first-order chi connectivity index (χ1) is 13.9. The van der Waals surface area contributed by atoms with Gasteiger partial charge in [-0.1, -0.05) is 6.07 Å². The minimum Gasteiger partial charge on any atom is -0.441 e. The number of aryl methyl sites for hydroxylation is 2. The Labute approximate surface area is 173 Å². The molecule has 0 spiro atoms. The van der Waals surface area contributed by atoms with Crippen LogP contribution in [0.5, 0.6) is 0 Å². The van der Waals surface area contributed by atoms with Gasteiger partial charge in [-0.3, -0.25) is 19.8 Å². The van der Waals surface area contributed by atoms with E-state index in [9.17, 15) is 9.59 Å². The van der Waals surface area contributed by atoms with Gasteiger partial charge in [0.05, 0.1) is 18.9 Å². The van der Waals surface area contributed by atoms with Crippen LogP contribution < -0.4 is 15.1 Å². The van der Waals surface area contributed by atoms with E-state index < -0.39 is 11.8 Å². The van der Waals surface area contributed by atoms with E-state index in [0.717, 1.165) is 24.2 Å². The van der Waals surface area contributed by atoms with Crippen molar-refractivity contribution >= 4 is 46.8 Å². The molecule has 0 aliphatic carbocycles. The number of anilines is 2. The highest BCUT2D eigenvalue weighted by atomic mass is 32.1. The molecule has 3 heterocycles. The van der Waals surface area contributed by atoms with E-state index in [-0.39, 0.29) is 10.7 Å². The zero-order chi connectivity index (χ0) is 20.5. The molecule has 0 saturated carbocycles. The van der Waals surface area contributed by atoms with Crippen LogP contribution in [0.2, 0.25) is 0 Å². The number of hydrogen-bond acceptors (Lipinski definition) is 6. The Morgan fingerprint density at radius 1 is 1.07 bits per heavy atom. The van der Waals surface area contributed by atoms with Gasteiger partial charge in [0.2, 0.25) is 0 Å². The molecular formula is C21H21N3O4S. The number of thiocarbonyl (C=S) groups is 1. The Morgan fingerprint density at radius 2 is 1.83 bits per heavy atom. The molecule has 2 aromatic rings. The van der Waals surface area contributed by atoms with Crippen LogP contribution in [0.1, 0.15) is 16.9 Å². The second-order valence-electron chi connectivity index (χ2n) is 7.00. The van der Waals surface area contributed by atoms with Crippen LogP contribution >= 0.6 is 12.2 Å². The van der Waals surface area contributed by atoms with Crippen LogP contribution in [0.15, 0.2) is 40.3 Å². The summed E-state index contributed by atoms with van der Waals surface area (Å²) >= 11 is 5.25. The molecule has 29 heavy (non-hydrogen) atoms. The molecule has 0 atom stereocenters. The van der Waals surface area contributed by atoms with Crippen molar-refractivity contribution in [2.75, 3.05) is 36.1 Å². The third kappa shape index (κ3) is 3.81. The van der Waals surface area contributed by atoms with Gasteiger partial charge in [0, 0.05) is 19.2 Å². The van der Waals surface area contributed by atoms with Crippen LogP contribution in [0, 0.1) is 13.8 Å². The Hall–Kier alpha value is -2.97. The normalized spacial score (nSPS) is 19.1. The minimum absolute atomic E-state index is 0.0281. The van der Waals surface area contributed by atoms with E-state index in [0.29, 0.717) is 30.5 Å². The van der Waals surface area contributed by atoms with E-state index in [4.69, 9.17) is 21.4 Å². The summed E-state index contributed by atoms with van der Waals surface area (Å²) in [5.41, 5.74) is 2.72. The first-order valence-corrected chi connectivity index (χ1v) is 9.76. The lowest BCUT2D eigenvalue weighted by molar-refractivity contribution is -0.122. The van der Waals surface area contributed by atoms with Gasteiger partial charge >= 0.3 is 0 Å². The molecule has 150 valence electrons. The summed E-state index contributed by atoms with van der Waals surface area (Å²) in [6.45, 7) is 6.70. The van der Waals surface area contributed by atoms with Crippen molar-refractivity contribution in [2.45, 2.75) is 13.8 Å². The van der Waals surface area contributed by atoms with Crippen LogP contribution in [-0.2, 0) is 14.3 Å². The SMILES string of the molecule is Cc1ccc(N2C(=O)/C(=C/c3ccc(N4CCOCC4)o3)C(=O)NC2=S)cc1C. The van der Waals surface area contributed by atoms with E-state index in [1.165, 1.54) is 11.0 Å². The molecule has 4 rings (SSSR count). The van der Waals surface area contributed by atoms with Crippen molar-refractivity contribution in [2.24, 2.45) is 0 Å². The summed E-state index contributed by atoms with van der Waals surface area (Å²) < 4.78 is 11.2. The standard InChI is InChI=1S/C21H21N3O4S/c1-13-3-4-15(11-14(13)2)24-20(26)17(19(25)22-21(24)29)12-16-5-6-18(28-16)23-7-9-27-10-8-23/h3-6,11-12H,7-10H2,1-2H3,(H,22,25,29)/b17-12+. The molecule has 0 bridgehead atoms. The number of ether oxygens (including phenoxy) is 1. The molecule has 8 heteroatoms. The van der Waals surface area contributed by atoms with Crippen molar-refractivity contribution in [1.82, 2.24) is 5.32 Å². The molecule has 0 radical (unpaired) electrons. The van der Waals surface area contributed by atoms with Crippen LogP contribution in [0.3, 0.4) is 0 Å². The van der Waals surface area contributed by atoms with Gasteiger partial charge in [-0.05, 0) is 61.5 Å². The number of morpholine rings is 1. The van der Waals surface area contributed by atoms with E-state index >= 15 is 0 Å². The Morgan fingerprint density at radius 3 is 2.55 bits per heavy atom. The fourth-order valence-electron chi connectivity index (χ4n) is 3.27. The number of benzene rings is 1. The van der Waals surface area contributed by atoms with Crippen LogP contribution in [-0.4, -0.2) is 43.2 Å². The number of nitrogens with one attached hydrogen (secondary N) is 1. The highest BCUT2D eigenvalue weighted by Crippen LogP contribution is 2.26. The average molecular weight is 411 g/mol. The second kappa shape index (κ2) is 7.81. The Kier molecular flexibility index (Phi) is 5.21. The summed E-state index contributed by atoms with van der Waals surface area (Å²) in [7, 11) is 0. The quantitative estimate of drug-likeness (QED) is 0.475. The van der Waals surface area contributed by atoms with E-state index in [1.54, 1.807) is 6.07 Å². The first kappa shape index (κ1) is 19.4. The lowest BCUT2D eigenvalue weighted by Gasteiger charge is -2.29. The molecule has 1 aromatic heterocycles. The topological polar surface area (TPSA) is 75.0 Å². The second-order valence-corrected chi connectivity index (χ2v) is 7.39. The smallest absolute Gasteiger partial charge is 0.270 e. The molecule has 2 aliphatic heterocycles.